The molecule has 70 valence electrons. The summed E-state index contributed by atoms with van der Waals surface area (Å²) in [4.78, 5) is 19.6. The largest absolute Gasteiger partial charge is 0.370 e. The van der Waals surface area contributed by atoms with Gasteiger partial charge in [0.15, 0.2) is 5.96 Å². The van der Waals surface area contributed by atoms with E-state index in [-0.39, 0.29) is 24.2 Å². The topological polar surface area (TPSA) is 91.9 Å². The first kappa shape index (κ1) is 8.18. The first-order valence-corrected chi connectivity index (χ1v) is 4.12. The van der Waals surface area contributed by atoms with Crippen LogP contribution in [0.15, 0.2) is 9.98 Å². The second-order valence-electron chi connectivity index (χ2n) is 3.11. The Kier molecular flexibility index (Phi) is 1.77. The molecule has 2 heterocycles. The number of carbonyl (C=O) groups excluding carboxylic acids is 1. The van der Waals surface area contributed by atoms with Gasteiger partial charge in [-0.3, -0.25) is 20.4 Å². The number of nitrogens with two attached hydrogens (primary N) is 1. The van der Waals surface area contributed by atoms with Crippen molar-refractivity contribution < 1.29 is 4.79 Å². The number of hydrogen-bond acceptors (Lipinski definition) is 5. The smallest absolute Gasteiger partial charge is 0.272 e. The molecule has 1 amide bonds. The van der Waals surface area contributed by atoms with Crippen LogP contribution in [0.5, 0.6) is 0 Å². The van der Waals surface area contributed by atoms with E-state index < -0.39 is 0 Å². The average molecular weight is 181 g/mol. The van der Waals surface area contributed by atoms with Gasteiger partial charge in [-0.25, -0.2) is 4.99 Å². The maximum atomic E-state index is 11.4. The molecule has 0 aliphatic carbocycles. The summed E-state index contributed by atoms with van der Waals surface area (Å²) < 4.78 is 0. The third-order valence-electron chi connectivity index (χ3n) is 1.97. The summed E-state index contributed by atoms with van der Waals surface area (Å²) in [6.07, 6.45) is 0.312. The van der Waals surface area contributed by atoms with Crippen molar-refractivity contribution in [2.24, 2.45) is 15.7 Å². The van der Waals surface area contributed by atoms with Crippen molar-refractivity contribution in [2.45, 2.75) is 25.7 Å². The van der Waals surface area contributed by atoms with E-state index in [2.05, 4.69) is 20.6 Å². The molecule has 0 saturated heterocycles. The van der Waals surface area contributed by atoms with Crippen LogP contribution in [0.2, 0.25) is 0 Å². The van der Waals surface area contributed by atoms with Crippen molar-refractivity contribution in [3.63, 3.8) is 0 Å². The molecular weight excluding hydrogens is 170 g/mol. The zero-order chi connectivity index (χ0) is 9.42. The number of aliphatic imine (C=N–C) groups is 2. The van der Waals surface area contributed by atoms with E-state index in [1.165, 1.54) is 0 Å². The van der Waals surface area contributed by atoms with Crippen LogP contribution in [0.3, 0.4) is 0 Å². The molecule has 2 rings (SSSR count). The summed E-state index contributed by atoms with van der Waals surface area (Å²) in [6.45, 7) is 1.87. The summed E-state index contributed by atoms with van der Waals surface area (Å²) in [7, 11) is 0. The number of carbonyl (C=O) groups is 1. The molecule has 13 heavy (non-hydrogen) atoms. The number of amides is 1. The van der Waals surface area contributed by atoms with Crippen LogP contribution >= 0.6 is 0 Å². The van der Waals surface area contributed by atoms with Crippen LogP contribution in [-0.4, -0.2) is 29.9 Å². The van der Waals surface area contributed by atoms with Gasteiger partial charge in [0, 0.05) is 6.42 Å². The molecule has 0 radical (unpaired) electrons. The highest BCUT2D eigenvalue weighted by Gasteiger charge is 2.27. The van der Waals surface area contributed by atoms with Gasteiger partial charge in [-0.1, -0.05) is 0 Å². The van der Waals surface area contributed by atoms with E-state index in [1.807, 2.05) is 6.92 Å². The van der Waals surface area contributed by atoms with Gasteiger partial charge < -0.3 is 5.73 Å². The monoisotopic (exact) mass is 181 g/mol. The highest BCUT2D eigenvalue weighted by Crippen LogP contribution is 2.09. The number of fused-ring (bicyclic) bond motifs is 2. The zero-order valence-corrected chi connectivity index (χ0v) is 7.24. The minimum atomic E-state index is -0.239. The first-order chi connectivity index (χ1) is 6.15. The minimum Gasteiger partial charge on any atom is -0.370 e. The van der Waals surface area contributed by atoms with Gasteiger partial charge >= 0.3 is 0 Å². The first-order valence-electron chi connectivity index (χ1n) is 4.12. The van der Waals surface area contributed by atoms with Crippen LogP contribution < -0.4 is 16.4 Å². The lowest BCUT2D eigenvalue weighted by Crippen LogP contribution is -2.42. The Hall–Kier alpha value is -1.43. The second kappa shape index (κ2) is 2.81. The van der Waals surface area contributed by atoms with E-state index in [0.717, 1.165) is 0 Å². The fourth-order valence-electron chi connectivity index (χ4n) is 1.47. The molecule has 2 atom stereocenters. The summed E-state index contributed by atoms with van der Waals surface area (Å²) in [5.41, 5.74) is 5.96. The minimum absolute atomic E-state index is 0.0749. The zero-order valence-electron chi connectivity index (χ0n) is 7.24. The van der Waals surface area contributed by atoms with Crippen LogP contribution in [0.1, 0.15) is 13.3 Å². The molecule has 0 fully saturated rings. The van der Waals surface area contributed by atoms with Gasteiger partial charge in [0.2, 0.25) is 0 Å². The lowest BCUT2D eigenvalue weighted by atomic mass is 10.2. The Morgan fingerprint density at radius 1 is 1.54 bits per heavy atom. The molecule has 4 N–H and O–H groups in total. The molecule has 6 heteroatoms. The summed E-state index contributed by atoms with van der Waals surface area (Å²) in [6, 6.07) is 0. The van der Waals surface area contributed by atoms with Crippen LogP contribution in [0.4, 0.5) is 0 Å². The van der Waals surface area contributed by atoms with Gasteiger partial charge in [0.25, 0.3) is 5.91 Å². The molecule has 0 aromatic rings. The van der Waals surface area contributed by atoms with Gasteiger partial charge in [0.05, 0.1) is 6.17 Å². The van der Waals surface area contributed by atoms with Crippen molar-refractivity contribution in [1.29, 1.82) is 0 Å². The Balaban J connectivity index is 2.34. The Morgan fingerprint density at radius 2 is 2.31 bits per heavy atom. The Morgan fingerprint density at radius 3 is 3.08 bits per heavy atom. The second-order valence-corrected chi connectivity index (χ2v) is 3.11. The van der Waals surface area contributed by atoms with Crippen LogP contribution in [0, 0.1) is 0 Å². The van der Waals surface area contributed by atoms with Crippen molar-refractivity contribution >= 4 is 17.6 Å². The van der Waals surface area contributed by atoms with Gasteiger partial charge in [-0.15, -0.1) is 0 Å². The van der Waals surface area contributed by atoms with Gasteiger partial charge in [-0.05, 0) is 6.92 Å². The highest BCUT2D eigenvalue weighted by atomic mass is 16.2. The lowest BCUT2D eigenvalue weighted by molar-refractivity contribution is -0.113. The molecule has 0 aromatic heterocycles. The highest BCUT2D eigenvalue weighted by molar-refractivity contribution is 6.42. The summed E-state index contributed by atoms with van der Waals surface area (Å²) >= 11 is 0. The molecule has 2 aliphatic heterocycles. The fourth-order valence-corrected chi connectivity index (χ4v) is 1.47. The quantitative estimate of drug-likeness (QED) is 0.426. The Bertz CT molecular complexity index is 308. The standard InChI is InChI=1S/C7H11N5O/c1-3-9-4-2-5(10-3)11-7(8)12-6(4)13/h3,5,10H,2H2,1H3,(H3,8,11,12,13). The maximum Gasteiger partial charge on any atom is 0.272 e. The van der Waals surface area contributed by atoms with Gasteiger partial charge in [-0.2, -0.15) is 0 Å². The van der Waals surface area contributed by atoms with E-state index in [9.17, 15) is 4.79 Å². The molecule has 2 bridgehead atoms. The normalized spacial score (nSPS) is 32.8. The third kappa shape index (κ3) is 1.52. The molecule has 0 saturated carbocycles. The van der Waals surface area contributed by atoms with Crippen molar-refractivity contribution in [1.82, 2.24) is 10.6 Å². The maximum absolute atomic E-state index is 11.4. The van der Waals surface area contributed by atoms with Gasteiger partial charge in [0.1, 0.15) is 11.9 Å². The Labute approximate surface area is 75.3 Å². The average Bonchev–Trinajstić information content (AvgIpc) is 2.09. The lowest BCUT2D eigenvalue weighted by Gasteiger charge is -2.21. The van der Waals surface area contributed by atoms with E-state index in [1.54, 1.807) is 0 Å². The summed E-state index contributed by atoms with van der Waals surface area (Å²) in [5.74, 6) is -0.0844. The molecule has 0 spiro atoms. The van der Waals surface area contributed by atoms with E-state index in [0.29, 0.717) is 12.1 Å². The van der Waals surface area contributed by atoms with Crippen molar-refractivity contribution in [3.8, 4) is 0 Å². The van der Waals surface area contributed by atoms with Crippen LogP contribution in [0.25, 0.3) is 0 Å². The predicted molar refractivity (Wildman–Crippen MR) is 48.2 cm³/mol. The fraction of sp³-hybridized carbons (Fsp3) is 0.571. The third-order valence-corrected chi connectivity index (χ3v) is 1.97. The number of guanidine groups is 1. The number of nitrogens with zero attached hydrogens (tertiary/aromatic N) is 2. The SMILES string of the molecule is CC1N=C2CC(N=C(N)NC2=O)N1. The van der Waals surface area contributed by atoms with Crippen molar-refractivity contribution in [3.05, 3.63) is 0 Å². The van der Waals surface area contributed by atoms with Crippen LogP contribution in [-0.2, 0) is 4.79 Å². The number of hydrogen-bond donors (Lipinski definition) is 3. The van der Waals surface area contributed by atoms with E-state index >= 15 is 0 Å². The number of nitrogens with one attached hydrogen (secondary N) is 2. The molecule has 0 aromatic carbocycles. The predicted octanol–water partition coefficient (Wildman–Crippen LogP) is -1.46. The molecule has 2 aliphatic rings. The van der Waals surface area contributed by atoms with E-state index in [4.69, 9.17) is 5.73 Å². The molecular formula is C7H11N5O. The van der Waals surface area contributed by atoms with Crippen molar-refractivity contribution in [2.75, 3.05) is 0 Å². The molecule has 6 nitrogen and oxygen atoms in total. The summed E-state index contributed by atoms with van der Waals surface area (Å²) in [5, 5.41) is 5.54. The number of rotatable bonds is 0. The molecule has 2 unspecified atom stereocenters.